The van der Waals surface area contributed by atoms with Crippen molar-refractivity contribution in [2.45, 2.75) is 19.0 Å². The van der Waals surface area contributed by atoms with E-state index in [4.69, 9.17) is 28.0 Å². The van der Waals surface area contributed by atoms with Crippen molar-refractivity contribution >= 4 is 13.7 Å². The number of nitrogens with zero attached hydrogens (tertiary/aromatic N) is 1. The average Bonchev–Trinajstić information content (AvgIpc) is 2.71. The number of hydrogen-bond donors (Lipinski definition) is 0. The van der Waals surface area contributed by atoms with E-state index >= 15 is 0 Å². The van der Waals surface area contributed by atoms with Crippen molar-refractivity contribution in [1.29, 1.82) is 0 Å². The number of carbonyl (C=O) groups excluding carboxylic acids is 1. The molecule has 1 unspecified atom stereocenters. The topological polar surface area (TPSA) is 92.8 Å². The fourth-order valence-corrected chi connectivity index (χ4v) is 4.09. The Balaban J connectivity index is 3.47. The summed E-state index contributed by atoms with van der Waals surface area (Å²) in [6, 6.07) is 6.72. The molecule has 1 atom stereocenters. The maximum absolute atomic E-state index is 13.3. The molecule has 0 aromatic heterocycles. The van der Waals surface area contributed by atoms with Crippen molar-refractivity contribution in [3.05, 3.63) is 29.8 Å². The molecule has 1 rings (SSSR count). The summed E-state index contributed by atoms with van der Waals surface area (Å²) in [5, 5.41) is 0. The molecule has 154 valence electrons. The Morgan fingerprint density at radius 3 is 2.00 bits per heavy atom. The van der Waals surface area contributed by atoms with Gasteiger partial charge in [0, 0.05) is 28.4 Å². The molecule has 0 saturated carbocycles. The van der Waals surface area contributed by atoms with Crippen LogP contribution in [0.25, 0.3) is 0 Å². The first-order chi connectivity index (χ1) is 12.9. The summed E-state index contributed by atoms with van der Waals surface area (Å²) in [4.78, 5) is 13.9. The number of benzene rings is 1. The molecule has 27 heavy (non-hydrogen) atoms. The van der Waals surface area contributed by atoms with Crippen molar-refractivity contribution < 1.29 is 37.4 Å². The van der Waals surface area contributed by atoms with Crippen molar-refractivity contribution in [3.63, 3.8) is 0 Å². The SMILES string of the molecule is CCOC(=O)N(CC(OC)OC)C(c1ccc(OC)cc1)P(=O)(OC)OC. The lowest BCUT2D eigenvalue weighted by Gasteiger charge is -2.35. The van der Waals surface area contributed by atoms with E-state index in [0.717, 1.165) is 0 Å². The molecular weight excluding hydrogens is 377 g/mol. The first-order valence-corrected chi connectivity index (χ1v) is 9.85. The predicted molar refractivity (Wildman–Crippen MR) is 98.9 cm³/mol. The van der Waals surface area contributed by atoms with Gasteiger partial charge in [0.05, 0.1) is 20.3 Å². The second kappa shape index (κ2) is 11.3. The molecule has 0 heterocycles. The average molecular weight is 405 g/mol. The maximum atomic E-state index is 13.3. The highest BCUT2D eigenvalue weighted by molar-refractivity contribution is 7.54. The lowest BCUT2D eigenvalue weighted by molar-refractivity contribution is -0.115. The Morgan fingerprint density at radius 2 is 1.59 bits per heavy atom. The number of rotatable bonds is 11. The Morgan fingerprint density at radius 1 is 1.04 bits per heavy atom. The van der Waals surface area contributed by atoms with E-state index in [1.807, 2.05) is 0 Å². The Labute approximate surface area is 160 Å². The smallest absolute Gasteiger partial charge is 0.411 e. The van der Waals surface area contributed by atoms with Gasteiger partial charge in [0.2, 0.25) is 0 Å². The maximum Gasteiger partial charge on any atom is 0.411 e. The summed E-state index contributed by atoms with van der Waals surface area (Å²) in [7, 11) is 3.15. The third-order valence-electron chi connectivity index (χ3n) is 3.89. The molecule has 0 fully saturated rings. The van der Waals surface area contributed by atoms with Gasteiger partial charge in [-0.1, -0.05) is 12.1 Å². The van der Waals surface area contributed by atoms with E-state index in [0.29, 0.717) is 11.3 Å². The van der Waals surface area contributed by atoms with Gasteiger partial charge in [-0.25, -0.2) is 4.79 Å². The second-order valence-electron chi connectivity index (χ2n) is 5.30. The Bertz CT molecular complexity index is 612. The van der Waals surface area contributed by atoms with Gasteiger partial charge in [-0.2, -0.15) is 0 Å². The highest BCUT2D eigenvalue weighted by atomic mass is 31.2. The molecule has 0 aliphatic carbocycles. The quantitative estimate of drug-likeness (QED) is 0.409. The molecule has 0 radical (unpaired) electrons. The fourth-order valence-electron chi connectivity index (χ4n) is 2.47. The molecule has 1 aromatic carbocycles. The molecule has 10 heteroatoms. The van der Waals surface area contributed by atoms with Crippen LogP contribution in [0.15, 0.2) is 24.3 Å². The van der Waals surface area contributed by atoms with Crippen LogP contribution in [0.4, 0.5) is 4.79 Å². The summed E-state index contributed by atoms with van der Waals surface area (Å²) < 4.78 is 44.4. The molecule has 0 N–H and O–H groups in total. The van der Waals surface area contributed by atoms with E-state index in [1.165, 1.54) is 40.4 Å². The van der Waals surface area contributed by atoms with Gasteiger partial charge in [0.1, 0.15) is 5.75 Å². The van der Waals surface area contributed by atoms with E-state index in [-0.39, 0.29) is 13.2 Å². The molecule has 0 saturated heterocycles. The van der Waals surface area contributed by atoms with E-state index in [2.05, 4.69) is 0 Å². The first-order valence-electron chi connectivity index (χ1n) is 8.24. The third kappa shape index (κ3) is 5.92. The van der Waals surface area contributed by atoms with Crippen LogP contribution in [0.1, 0.15) is 18.3 Å². The van der Waals surface area contributed by atoms with Crippen LogP contribution in [0.3, 0.4) is 0 Å². The normalized spacial score (nSPS) is 12.7. The number of hydrogen-bond acceptors (Lipinski definition) is 8. The van der Waals surface area contributed by atoms with E-state index in [1.54, 1.807) is 31.2 Å². The molecule has 1 aromatic rings. The monoisotopic (exact) mass is 405 g/mol. The van der Waals surface area contributed by atoms with Gasteiger partial charge >= 0.3 is 13.7 Å². The second-order valence-corrected chi connectivity index (χ2v) is 7.60. The molecule has 0 spiro atoms. The van der Waals surface area contributed by atoms with E-state index < -0.39 is 25.8 Å². The zero-order valence-corrected chi connectivity index (χ0v) is 17.4. The van der Waals surface area contributed by atoms with Crippen LogP contribution in [-0.4, -0.2) is 66.0 Å². The van der Waals surface area contributed by atoms with Crippen LogP contribution in [-0.2, 0) is 27.8 Å². The van der Waals surface area contributed by atoms with Crippen molar-refractivity contribution in [2.75, 3.05) is 48.7 Å². The van der Waals surface area contributed by atoms with Crippen LogP contribution >= 0.6 is 7.60 Å². The highest BCUT2D eigenvalue weighted by Crippen LogP contribution is 2.61. The van der Waals surface area contributed by atoms with Gasteiger partial charge in [-0.15, -0.1) is 0 Å². The highest BCUT2D eigenvalue weighted by Gasteiger charge is 2.44. The number of methoxy groups -OCH3 is 3. The van der Waals surface area contributed by atoms with Gasteiger partial charge in [0.15, 0.2) is 12.1 Å². The lowest BCUT2D eigenvalue weighted by Crippen LogP contribution is -2.42. The number of carbonyl (C=O) groups is 1. The zero-order valence-electron chi connectivity index (χ0n) is 16.5. The van der Waals surface area contributed by atoms with Crippen molar-refractivity contribution in [3.8, 4) is 5.75 Å². The Hall–Kier alpha value is -1.64. The lowest BCUT2D eigenvalue weighted by atomic mass is 10.2. The Kier molecular flexibility index (Phi) is 9.76. The first kappa shape index (κ1) is 23.4. The number of ether oxygens (including phenoxy) is 4. The minimum Gasteiger partial charge on any atom is -0.497 e. The molecule has 0 aliphatic rings. The van der Waals surface area contributed by atoms with Crippen LogP contribution < -0.4 is 4.74 Å². The van der Waals surface area contributed by atoms with Gasteiger partial charge < -0.3 is 28.0 Å². The van der Waals surface area contributed by atoms with E-state index in [9.17, 15) is 9.36 Å². The van der Waals surface area contributed by atoms with Crippen LogP contribution in [0, 0.1) is 0 Å². The number of amides is 1. The van der Waals surface area contributed by atoms with Crippen molar-refractivity contribution in [2.24, 2.45) is 0 Å². The molecule has 9 nitrogen and oxygen atoms in total. The largest absolute Gasteiger partial charge is 0.497 e. The van der Waals surface area contributed by atoms with Crippen LogP contribution in [0.2, 0.25) is 0 Å². The molecular formula is C17H28NO8P. The summed E-state index contributed by atoms with van der Waals surface area (Å²) in [5.41, 5.74) is 0.516. The fraction of sp³-hybridized carbons (Fsp3) is 0.588. The summed E-state index contributed by atoms with van der Waals surface area (Å²) in [5.74, 6) is -0.471. The summed E-state index contributed by atoms with van der Waals surface area (Å²) in [6.45, 7) is 1.76. The van der Waals surface area contributed by atoms with Crippen LogP contribution in [0.5, 0.6) is 5.75 Å². The third-order valence-corrected chi connectivity index (χ3v) is 6.09. The summed E-state index contributed by atoms with van der Waals surface area (Å²) >= 11 is 0. The predicted octanol–water partition coefficient (Wildman–Crippen LogP) is 3.26. The van der Waals surface area contributed by atoms with Gasteiger partial charge in [0.25, 0.3) is 0 Å². The van der Waals surface area contributed by atoms with Gasteiger partial charge in [-0.3, -0.25) is 9.46 Å². The van der Waals surface area contributed by atoms with Crippen molar-refractivity contribution in [1.82, 2.24) is 4.90 Å². The standard InChI is InChI=1S/C17H28NO8P/c1-7-26-17(19)18(12-15(22-3)23-4)16(27(20,24-5)25-6)13-8-10-14(21-2)11-9-13/h8-11,15-16H,7,12H2,1-6H3. The molecule has 1 amide bonds. The van der Waals surface area contributed by atoms with Gasteiger partial charge in [-0.05, 0) is 24.6 Å². The molecule has 0 bridgehead atoms. The minimum atomic E-state index is -3.77. The summed E-state index contributed by atoms with van der Waals surface area (Å²) in [6.07, 6.45) is -1.47. The zero-order chi connectivity index (χ0) is 20.4. The molecule has 0 aliphatic heterocycles. The minimum absolute atomic E-state index is 0.0563.